The Morgan fingerprint density at radius 3 is 2.33 bits per heavy atom. The number of nitrogens with zero attached hydrogens (tertiary/aromatic N) is 1. The third-order valence-corrected chi connectivity index (χ3v) is 3.56. The van der Waals surface area contributed by atoms with Gasteiger partial charge in [-0.25, -0.2) is 4.79 Å². The molecular weight excluding hydrogens is 266 g/mol. The molecule has 0 radical (unpaired) electrons. The minimum Gasteiger partial charge on any atom is -0.338 e. The van der Waals surface area contributed by atoms with Gasteiger partial charge in [0.05, 0.1) is 0 Å². The lowest BCUT2D eigenvalue weighted by molar-refractivity contribution is 0.0708. The van der Waals surface area contributed by atoms with Crippen LogP contribution in [0.2, 0.25) is 0 Å². The number of carbonyl (C=O) groups is 2. The molecule has 0 atom stereocenters. The lowest BCUT2D eigenvalue weighted by Crippen LogP contribution is -2.50. The van der Waals surface area contributed by atoms with Crippen molar-refractivity contribution >= 4 is 11.9 Å². The van der Waals surface area contributed by atoms with Gasteiger partial charge in [0.2, 0.25) is 0 Å². The summed E-state index contributed by atoms with van der Waals surface area (Å²) < 4.78 is 0. The molecular formula is C16H23N3O2. The highest BCUT2D eigenvalue weighted by atomic mass is 16.2. The number of likely N-dealkylation sites (tertiary alicyclic amines) is 1. The fourth-order valence-corrected chi connectivity index (χ4v) is 2.48. The zero-order valence-corrected chi connectivity index (χ0v) is 12.6. The molecule has 0 aliphatic carbocycles. The third kappa shape index (κ3) is 4.48. The highest BCUT2D eigenvalue weighted by Gasteiger charge is 2.24. The first-order valence-electron chi connectivity index (χ1n) is 7.47. The van der Waals surface area contributed by atoms with E-state index in [1.807, 2.05) is 49.1 Å². The van der Waals surface area contributed by atoms with Crippen LogP contribution in [0.3, 0.4) is 0 Å². The number of rotatable bonds is 3. The Labute approximate surface area is 125 Å². The Bertz CT molecular complexity index is 480. The van der Waals surface area contributed by atoms with Gasteiger partial charge in [0, 0.05) is 30.7 Å². The third-order valence-electron chi connectivity index (χ3n) is 3.56. The van der Waals surface area contributed by atoms with Crippen molar-refractivity contribution in [3.63, 3.8) is 0 Å². The van der Waals surface area contributed by atoms with Crippen molar-refractivity contribution in [1.82, 2.24) is 15.5 Å². The van der Waals surface area contributed by atoms with Crippen molar-refractivity contribution in [1.29, 1.82) is 0 Å². The molecule has 1 fully saturated rings. The number of nitrogens with one attached hydrogen (secondary N) is 2. The van der Waals surface area contributed by atoms with E-state index in [1.54, 1.807) is 0 Å². The van der Waals surface area contributed by atoms with Crippen molar-refractivity contribution < 1.29 is 9.59 Å². The van der Waals surface area contributed by atoms with E-state index in [0.717, 1.165) is 18.4 Å². The SMILES string of the molecule is CC(C)NC(=O)NC1CCN(C(=O)c2ccccc2)CC1. The molecule has 1 saturated heterocycles. The highest BCUT2D eigenvalue weighted by molar-refractivity contribution is 5.94. The molecule has 1 aliphatic rings. The summed E-state index contributed by atoms with van der Waals surface area (Å²) in [6.07, 6.45) is 1.59. The van der Waals surface area contributed by atoms with Crippen LogP contribution in [-0.4, -0.2) is 42.0 Å². The summed E-state index contributed by atoms with van der Waals surface area (Å²) in [6, 6.07) is 9.47. The van der Waals surface area contributed by atoms with Crippen molar-refractivity contribution in [2.24, 2.45) is 0 Å². The molecule has 3 amide bonds. The molecule has 0 unspecified atom stereocenters. The summed E-state index contributed by atoms with van der Waals surface area (Å²) in [4.78, 5) is 25.8. The van der Waals surface area contributed by atoms with Gasteiger partial charge in [-0.15, -0.1) is 0 Å². The Balaban J connectivity index is 1.81. The topological polar surface area (TPSA) is 61.4 Å². The van der Waals surface area contributed by atoms with Crippen molar-refractivity contribution in [3.05, 3.63) is 35.9 Å². The van der Waals surface area contributed by atoms with Crippen LogP contribution >= 0.6 is 0 Å². The average Bonchev–Trinajstić information content (AvgIpc) is 2.47. The monoisotopic (exact) mass is 289 g/mol. The Morgan fingerprint density at radius 1 is 1.14 bits per heavy atom. The van der Waals surface area contributed by atoms with Gasteiger partial charge in [-0.2, -0.15) is 0 Å². The molecule has 1 heterocycles. The summed E-state index contributed by atoms with van der Waals surface area (Å²) in [5.41, 5.74) is 0.724. The smallest absolute Gasteiger partial charge is 0.315 e. The largest absolute Gasteiger partial charge is 0.338 e. The van der Waals surface area contributed by atoms with Crippen molar-refractivity contribution in [2.75, 3.05) is 13.1 Å². The minimum absolute atomic E-state index is 0.0701. The van der Waals surface area contributed by atoms with E-state index >= 15 is 0 Å². The van der Waals surface area contributed by atoms with E-state index in [-0.39, 0.29) is 24.0 Å². The van der Waals surface area contributed by atoms with Gasteiger partial charge >= 0.3 is 6.03 Å². The molecule has 2 rings (SSSR count). The van der Waals surface area contributed by atoms with Gasteiger partial charge in [0.15, 0.2) is 0 Å². The Hall–Kier alpha value is -2.04. The maximum absolute atomic E-state index is 12.3. The molecule has 0 aromatic heterocycles. The zero-order valence-electron chi connectivity index (χ0n) is 12.6. The van der Waals surface area contributed by atoms with Crippen LogP contribution in [0.1, 0.15) is 37.0 Å². The summed E-state index contributed by atoms with van der Waals surface area (Å²) in [5.74, 6) is 0.0701. The van der Waals surface area contributed by atoms with Gasteiger partial charge in [0.25, 0.3) is 5.91 Å². The summed E-state index contributed by atoms with van der Waals surface area (Å²) in [5, 5.41) is 5.78. The van der Waals surface area contributed by atoms with Gasteiger partial charge in [-0.05, 0) is 38.8 Å². The molecule has 114 valence electrons. The van der Waals surface area contributed by atoms with E-state index in [2.05, 4.69) is 10.6 Å². The first-order chi connectivity index (χ1) is 10.1. The molecule has 0 saturated carbocycles. The summed E-state index contributed by atoms with van der Waals surface area (Å²) in [6.45, 7) is 5.22. The van der Waals surface area contributed by atoms with E-state index in [1.165, 1.54) is 0 Å². The number of carbonyl (C=O) groups excluding carboxylic acids is 2. The van der Waals surface area contributed by atoms with E-state index in [9.17, 15) is 9.59 Å². The van der Waals surface area contributed by atoms with Gasteiger partial charge in [0.1, 0.15) is 0 Å². The molecule has 1 aromatic rings. The number of benzene rings is 1. The summed E-state index contributed by atoms with van der Waals surface area (Å²) in [7, 11) is 0. The van der Waals surface area contributed by atoms with Gasteiger partial charge in [-0.1, -0.05) is 18.2 Å². The second-order valence-electron chi connectivity index (χ2n) is 5.70. The number of amides is 3. The molecule has 5 heteroatoms. The maximum atomic E-state index is 12.3. The molecule has 0 bridgehead atoms. The predicted octanol–water partition coefficient (Wildman–Crippen LogP) is 2.00. The van der Waals surface area contributed by atoms with Crippen LogP contribution in [0, 0.1) is 0 Å². The van der Waals surface area contributed by atoms with Crippen LogP contribution in [0.5, 0.6) is 0 Å². The number of piperidine rings is 1. The highest BCUT2D eigenvalue weighted by Crippen LogP contribution is 2.14. The van der Waals surface area contributed by atoms with Crippen molar-refractivity contribution in [2.45, 2.75) is 38.8 Å². The Kier molecular flexibility index (Phi) is 5.20. The second-order valence-corrected chi connectivity index (χ2v) is 5.70. The first-order valence-corrected chi connectivity index (χ1v) is 7.47. The average molecular weight is 289 g/mol. The summed E-state index contributed by atoms with van der Waals surface area (Å²) >= 11 is 0. The van der Waals surface area contributed by atoms with Gasteiger partial charge < -0.3 is 15.5 Å². The Morgan fingerprint density at radius 2 is 1.76 bits per heavy atom. The number of urea groups is 1. The van der Waals surface area contributed by atoms with Gasteiger partial charge in [-0.3, -0.25) is 4.79 Å². The van der Waals surface area contributed by atoms with Crippen LogP contribution in [0.15, 0.2) is 30.3 Å². The van der Waals surface area contributed by atoms with Crippen LogP contribution in [0.4, 0.5) is 4.79 Å². The van der Waals surface area contributed by atoms with Crippen LogP contribution < -0.4 is 10.6 Å². The van der Waals surface area contributed by atoms with E-state index in [0.29, 0.717) is 13.1 Å². The molecule has 0 spiro atoms. The van der Waals surface area contributed by atoms with E-state index < -0.39 is 0 Å². The molecule has 21 heavy (non-hydrogen) atoms. The standard InChI is InChI=1S/C16H23N3O2/c1-12(2)17-16(21)18-14-8-10-19(11-9-14)15(20)13-6-4-3-5-7-13/h3-7,12,14H,8-11H2,1-2H3,(H2,17,18,21). The zero-order chi connectivity index (χ0) is 15.2. The molecule has 1 aliphatic heterocycles. The lowest BCUT2D eigenvalue weighted by Gasteiger charge is -2.32. The van der Waals surface area contributed by atoms with E-state index in [4.69, 9.17) is 0 Å². The van der Waals surface area contributed by atoms with Crippen LogP contribution in [0.25, 0.3) is 0 Å². The maximum Gasteiger partial charge on any atom is 0.315 e. The molecule has 5 nitrogen and oxygen atoms in total. The normalized spacial score (nSPS) is 15.9. The quantitative estimate of drug-likeness (QED) is 0.894. The lowest BCUT2D eigenvalue weighted by atomic mass is 10.0. The minimum atomic E-state index is -0.127. The predicted molar refractivity (Wildman–Crippen MR) is 82.2 cm³/mol. The van der Waals surface area contributed by atoms with Crippen molar-refractivity contribution in [3.8, 4) is 0 Å². The fourth-order valence-electron chi connectivity index (χ4n) is 2.48. The fraction of sp³-hybridized carbons (Fsp3) is 0.500. The van der Waals surface area contributed by atoms with Crippen LogP contribution in [-0.2, 0) is 0 Å². The first kappa shape index (κ1) is 15.4. The molecule has 1 aromatic carbocycles. The number of hydrogen-bond donors (Lipinski definition) is 2. The molecule has 2 N–H and O–H groups in total. The second kappa shape index (κ2) is 7.11. The number of hydrogen-bond acceptors (Lipinski definition) is 2.